The van der Waals surface area contributed by atoms with Gasteiger partial charge < -0.3 is 5.32 Å². The molecule has 0 amide bonds. The van der Waals surface area contributed by atoms with Crippen molar-refractivity contribution in [1.29, 1.82) is 0 Å². The van der Waals surface area contributed by atoms with Gasteiger partial charge in [-0.2, -0.15) is 16.4 Å². The number of nitrogens with zero attached hydrogens (tertiary/aromatic N) is 2. The normalized spacial score (nSPS) is 10.5. The molecular formula is C15H15N3S. The smallest absolute Gasteiger partial charge is 0.0659 e. The molecule has 3 nitrogen and oxygen atoms in total. The molecule has 0 radical (unpaired) electrons. The molecule has 2 heterocycles. The molecule has 0 atom stereocenters. The van der Waals surface area contributed by atoms with Crippen molar-refractivity contribution in [2.45, 2.75) is 13.1 Å². The van der Waals surface area contributed by atoms with E-state index in [1.165, 1.54) is 11.1 Å². The highest BCUT2D eigenvalue weighted by molar-refractivity contribution is 7.07. The van der Waals surface area contributed by atoms with Crippen molar-refractivity contribution < 1.29 is 0 Å². The van der Waals surface area contributed by atoms with E-state index in [4.69, 9.17) is 0 Å². The first-order valence-corrected chi connectivity index (χ1v) is 7.16. The van der Waals surface area contributed by atoms with Crippen molar-refractivity contribution in [3.63, 3.8) is 0 Å². The van der Waals surface area contributed by atoms with Crippen LogP contribution in [0.25, 0.3) is 0 Å². The number of nitrogens with one attached hydrogen (secondary N) is 1. The van der Waals surface area contributed by atoms with Gasteiger partial charge in [0.05, 0.1) is 6.54 Å². The van der Waals surface area contributed by atoms with Crippen LogP contribution in [0.2, 0.25) is 0 Å². The van der Waals surface area contributed by atoms with Gasteiger partial charge in [-0.15, -0.1) is 0 Å². The first-order chi connectivity index (χ1) is 9.40. The van der Waals surface area contributed by atoms with E-state index in [1.807, 2.05) is 16.9 Å². The molecule has 2 aromatic heterocycles. The van der Waals surface area contributed by atoms with Crippen LogP contribution >= 0.6 is 11.3 Å². The Hall–Kier alpha value is -2.07. The number of hydrogen-bond acceptors (Lipinski definition) is 3. The minimum Gasteiger partial charge on any atom is -0.381 e. The summed E-state index contributed by atoms with van der Waals surface area (Å²) in [6.45, 7) is 1.69. The number of anilines is 1. The summed E-state index contributed by atoms with van der Waals surface area (Å²) in [4.78, 5) is 0. The predicted octanol–water partition coefficient (Wildman–Crippen LogP) is 3.61. The zero-order chi connectivity index (χ0) is 12.9. The summed E-state index contributed by atoms with van der Waals surface area (Å²) in [5.41, 5.74) is 3.73. The Balaban J connectivity index is 1.59. The van der Waals surface area contributed by atoms with Crippen LogP contribution in [0.3, 0.4) is 0 Å². The monoisotopic (exact) mass is 269 g/mol. The molecule has 1 N–H and O–H groups in total. The van der Waals surface area contributed by atoms with Crippen LogP contribution in [0, 0.1) is 0 Å². The maximum Gasteiger partial charge on any atom is 0.0659 e. The highest BCUT2D eigenvalue weighted by Gasteiger charge is 1.97. The molecule has 0 spiro atoms. The van der Waals surface area contributed by atoms with Gasteiger partial charge in [-0.1, -0.05) is 12.1 Å². The van der Waals surface area contributed by atoms with E-state index in [9.17, 15) is 0 Å². The fourth-order valence-corrected chi connectivity index (χ4v) is 2.58. The first kappa shape index (κ1) is 12.0. The summed E-state index contributed by atoms with van der Waals surface area (Å²) in [7, 11) is 0. The lowest BCUT2D eigenvalue weighted by molar-refractivity contribution is 0.687. The number of aromatic nitrogens is 2. The predicted molar refractivity (Wildman–Crippen MR) is 79.4 cm³/mol. The van der Waals surface area contributed by atoms with Crippen molar-refractivity contribution in [2.75, 3.05) is 5.32 Å². The molecule has 96 valence electrons. The number of thiophene rings is 1. The van der Waals surface area contributed by atoms with Gasteiger partial charge in [-0.25, -0.2) is 0 Å². The van der Waals surface area contributed by atoms with E-state index in [1.54, 1.807) is 17.5 Å². The number of rotatable bonds is 5. The minimum absolute atomic E-state index is 0.817. The van der Waals surface area contributed by atoms with Gasteiger partial charge in [0, 0.05) is 24.6 Å². The zero-order valence-electron chi connectivity index (χ0n) is 10.5. The van der Waals surface area contributed by atoms with E-state index in [2.05, 4.69) is 51.5 Å². The second-order valence-electron chi connectivity index (χ2n) is 4.39. The fraction of sp³-hybridized carbons (Fsp3) is 0.133. The summed E-state index contributed by atoms with van der Waals surface area (Å²) in [5, 5.41) is 11.9. The van der Waals surface area contributed by atoms with Crippen LogP contribution in [0.5, 0.6) is 0 Å². The third-order valence-corrected chi connectivity index (χ3v) is 3.67. The molecule has 0 unspecified atom stereocenters. The topological polar surface area (TPSA) is 29.9 Å². The highest BCUT2D eigenvalue weighted by atomic mass is 32.1. The second-order valence-corrected chi connectivity index (χ2v) is 5.17. The van der Waals surface area contributed by atoms with Gasteiger partial charge >= 0.3 is 0 Å². The van der Waals surface area contributed by atoms with Crippen molar-refractivity contribution in [3.8, 4) is 0 Å². The Bertz CT molecular complexity index is 597. The first-order valence-electron chi connectivity index (χ1n) is 6.21. The summed E-state index contributed by atoms with van der Waals surface area (Å²) < 4.78 is 1.92. The summed E-state index contributed by atoms with van der Waals surface area (Å²) >= 11 is 1.73. The Morgan fingerprint density at radius 1 is 1.11 bits per heavy atom. The number of hydrogen-bond donors (Lipinski definition) is 1. The van der Waals surface area contributed by atoms with Crippen molar-refractivity contribution in [3.05, 3.63) is 70.7 Å². The average molecular weight is 269 g/mol. The molecule has 0 saturated heterocycles. The standard InChI is InChI=1S/C15H15N3S/c1-7-17-18(8-1)11-13-2-4-15(5-3-13)16-10-14-6-9-19-12-14/h1-9,12,16H,10-11H2. The maximum atomic E-state index is 4.21. The van der Waals surface area contributed by atoms with Crippen LogP contribution in [0.15, 0.2) is 59.6 Å². The van der Waals surface area contributed by atoms with Gasteiger partial charge in [-0.3, -0.25) is 4.68 Å². The molecule has 3 rings (SSSR count). The average Bonchev–Trinajstić information content (AvgIpc) is 3.11. The van der Waals surface area contributed by atoms with Gasteiger partial charge in [-0.05, 0) is 46.2 Å². The third-order valence-electron chi connectivity index (χ3n) is 2.93. The summed E-state index contributed by atoms with van der Waals surface area (Å²) in [5.74, 6) is 0. The fourth-order valence-electron chi connectivity index (χ4n) is 1.91. The SMILES string of the molecule is c1cnn(Cc2ccc(NCc3ccsc3)cc2)c1. The van der Waals surface area contributed by atoms with Crippen LogP contribution in [0.4, 0.5) is 5.69 Å². The molecule has 1 aromatic carbocycles. The largest absolute Gasteiger partial charge is 0.381 e. The molecule has 0 bridgehead atoms. The molecule has 0 aliphatic rings. The lowest BCUT2D eigenvalue weighted by atomic mass is 10.2. The molecular weight excluding hydrogens is 254 g/mol. The third kappa shape index (κ3) is 3.23. The molecule has 4 heteroatoms. The highest BCUT2D eigenvalue weighted by Crippen LogP contribution is 2.13. The van der Waals surface area contributed by atoms with Crippen LogP contribution in [-0.4, -0.2) is 9.78 Å². The Labute approximate surface area is 116 Å². The lowest BCUT2D eigenvalue weighted by Crippen LogP contribution is -2.01. The molecule has 0 aliphatic heterocycles. The zero-order valence-corrected chi connectivity index (χ0v) is 11.3. The quantitative estimate of drug-likeness (QED) is 0.767. The molecule has 3 aromatic rings. The van der Waals surface area contributed by atoms with E-state index < -0.39 is 0 Å². The van der Waals surface area contributed by atoms with E-state index >= 15 is 0 Å². The van der Waals surface area contributed by atoms with Crippen molar-refractivity contribution in [1.82, 2.24) is 9.78 Å². The van der Waals surface area contributed by atoms with Gasteiger partial charge in [0.25, 0.3) is 0 Å². The van der Waals surface area contributed by atoms with Gasteiger partial charge in [0.1, 0.15) is 0 Å². The van der Waals surface area contributed by atoms with E-state index in [-0.39, 0.29) is 0 Å². The molecule has 0 saturated carbocycles. The summed E-state index contributed by atoms with van der Waals surface area (Å²) in [6, 6.07) is 12.6. The Kier molecular flexibility index (Phi) is 3.61. The van der Waals surface area contributed by atoms with Crippen molar-refractivity contribution >= 4 is 17.0 Å². The van der Waals surface area contributed by atoms with Gasteiger partial charge in [0.15, 0.2) is 0 Å². The van der Waals surface area contributed by atoms with E-state index in [0.717, 1.165) is 18.8 Å². The number of benzene rings is 1. The van der Waals surface area contributed by atoms with Crippen LogP contribution in [0.1, 0.15) is 11.1 Å². The Morgan fingerprint density at radius 2 is 2.00 bits per heavy atom. The second kappa shape index (κ2) is 5.71. The minimum atomic E-state index is 0.817. The molecule has 0 aliphatic carbocycles. The maximum absolute atomic E-state index is 4.21. The molecule has 0 fully saturated rings. The Morgan fingerprint density at radius 3 is 2.68 bits per heavy atom. The summed E-state index contributed by atoms with van der Waals surface area (Å²) in [6.07, 6.45) is 3.78. The van der Waals surface area contributed by atoms with Crippen LogP contribution in [-0.2, 0) is 13.1 Å². The van der Waals surface area contributed by atoms with Gasteiger partial charge in [0.2, 0.25) is 0 Å². The molecule has 19 heavy (non-hydrogen) atoms. The van der Waals surface area contributed by atoms with Crippen molar-refractivity contribution in [2.24, 2.45) is 0 Å². The van der Waals surface area contributed by atoms with Crippen LogP contribution < -0.4 is 5.32 Å². The van der Waals surface area contributed by atoms with E-state index in [0.29, 0.717) is 0 Å². The lowest BCUT2D eigenvalue weighted by Gasteiger charge is -2.07.